The summed E-state index contributed by atoms with van der Waals surface area (Å²) in [6.07, 6.45) is 5.37. The van der Waals surface area contributed by atoms with Crippen LogP contribution in [0.5, 0.6) is 0 Å². The number of nitrogens with zero attached hydrogens (tertiary/aromatic N) is 3. The minimum absolute atomic E-state index is 0.0967. The lowest BCUT2D eigenvalue weighted by Gasteiger charge is -2.22. The minimum atomic E-state index is -0.226. The van der Waals surface area contributed by atoms with Gasteiger partial charge in [-0.1, -0.05) is 30.3 Å². The van der Waals surface area contributed by atoms with Crippen LogP contribution in [0.1, 0.15) is 35.8 Å². The third kappa shape index (κ3) is 7.53. The van der Waals surface area contributed by atoms with Crippen molar-refractivity contribution in [2.45, 2.75) is 26.3 Å². The lowest BCUT2D eigenvalue weighted by molar-refractivity contribution is -0.121. The molecule has 1 N–H and O–H groups in total. The van der Waals surface area contributed by atoms with E-state index in [2.05, 4.69) is 15.3 Å². The van der Waals surface area contributed by atoms with Crippen molar-refractivity contribution in [1.82, 2.24) is 20.2 Å². The first-order chi connectivity index (χ1) is 13.2. The van der Waals surface area contributed by atoms with Crippen LogP contribution in [0, 0.1) is 0 Å². The Bertz CT molecular complexity index is 695. The van der Waals surface area contributed by atoms with Gasteiger partial charge in [0.15, 0.2) is 0 Å². The molecule has 144 valence electrons. The topological polar surface area (TPSA) is 84.4 Å². The number of hydrogen-bond acceptors (Lipinski definition) is 5. The molecule has 0 saturated heterocycles. The van der Waals surface area contributed by atoms with E-state index in [1.807, 2.05) is 37.3 Å². The summed E-state index contributed by atoms with van der Waals surface area (Å²) < 4.78 is 5.34. The van der Waals surface area contributed by atoms with Crippen molar-refractivity contribution in [3.05, 3.63) is 60.2 Å². The molecule has 0 fully saturated rings. The van der Waals surface area contributed by atoms with E-state index < -0.39 is 0 Å². The molecule has 7 heteroatoms. The van der Waals surface area contributed by atoms with Crippen LogP contribution in [0.2, 0.25) is 0 Å². The SMILES string of the molecule is CCOCCCN(CCC(=O)NCc1ccccc1)C(=O)c1cnccn1. The number of ether oxygens (including phenoxy) is 1. The molecule has 0 aliphatic rings. The van der Waals surface area contributed by atoms with Crippen LogP contribution in [0.25, 0.3) is 0 Å². The maximum absolute atomic E-state index is 12.7. The summed E-state index contributed by atoms with van der Waals surface area (Å²) in [4.78, 5) is 34.4. The van der Waals surface area contributed by atoms with Crippen LogP contribution in [-0.2, 0) is 16.1 Å². The van der Waals surface area contributed by atoms with E-state index in [4.69, 9.17) is 4.74 Å². The molecule has 0 unspecified atom stereocenters. The van der Waals surface area contributed by atoms with Crippen molar-refractivity contribution in [2.24, 2.45) is 0 Å². The molecule has 1 heterocycles. The Labute approximate surface area is 159 Å². The van der Waals surface area contributed by atoms with Crippen LogP contribution >= 0.6 is 0 Å². The molecule has 2 aromatic rings. The Morgan fingerprint density at radius 2 is 1.96 bits per heavy atom. The van der Waals surface area contributed by atoms with E-state index in [1.165, 1.54) is 18.6 Å². The maximum atomic E-state index is 12.7. The summed E-state index contributed by atoms with van der Waals surface area (Å²) in [7, 11) is 0. The van der Waals surface area contributed by atoms with Gasteiger partial charge in [-0.2, -0.15) is 0 Å². The van der Waals surface area contributed by atoms with Crippen molar-refractivity contribution in [3.63, 3.8) is 0 Å². The Hall–Kier alpha value is -2.80. The van der Waals surface area contributed by atoms with E-state index in [1.54, 1.807) is 4.90 Å². The molecule has 2 rings (SSSR count). The summed E-state index contributed by atoms with van der Waals surface area (Å²) in [5.74, 6) is -0.323. The molecule has 0 aliphatic carbocycles. The van der Waals surface area contributed by atoms with Crippen LogP contribution in [0.4, 0.5) is 0 Å². The highest BCUT2D eigenvalue weighted by Crippen LogP contribution is 2.04. The average molecular weight is 370 g/mol. The number of nitrogens with one attached hydrogen (secondary N) is 1. The largest absolute Gasteiger partial charge is 0.382 e. The molecule has 7 nitrogen and oxygen atoms in total. The lowest BCUT2D eigenvalue weighted by Crippen LogP contribution is -2.36. The van der Waals surface area contributed by atoms with Crippen molar-refractivity contribution in [2.75, 3.05) is 26.3 Å². The van der Waals surface area contributed by atoms with Crippen molar-refractivity contribution in [3.8, 4) is 0 Å². The highest BCUT2D eigenvalue weighted by molar-refractivity contribution is 5.92. The van der Waals surface area contributed by atoms with Gasteiger partial charge >= 0.3 is 0 Å². The number of carbonyl (C=O) groups is 2. The lowest BCUT2D eigenvalue weighted by atomic mass is 10.2. The van der Waals surface area contributed by atoms with Gasteiger partial charge in [-0.15, -0.1) is 0 Å². The predicted octanol–water partition coefficient (Wildman–Crippen LogP) is 2.05. The Kier molecular flexibility index (Phi) is 8.92. The van der Waals surface area contributed by atoms with Gasteiger partial charge in [0.1, 0.15) is 5.69 Å². The average Bonchev–Trinajstić information content (AvgIpc) is 2.72. The monoisotopic (exact) mass is 370 g/mol. The van der Waals surface area contributed by atoms with Crippen molar-refractivity contribution in [1.29, 1.82) is 0 Å². The second-order valence-electron chi connectivity index (χ2n) is 5.95. The highest BCUT2D eigenvalue weighted by atomic mass is 16.5. The fraction of sp³-hybridized carbons (Fsp3) is 0.400. The molecule has 0 spiro atoms. The fourth-order valence-electron chi connectivity index (χ4n) is 2.51. The van der Waals surface area contributed by atoms with E-state index in [-0.39, 0.29) is 23.9 Å². The van der Waals surface area contributed by atoms with Gasteiger partial charge in [0.2, 0.25) is 5.91 Å². The number of amides is 2. The van der Waals surface area contributed by atoms with Gasteiger partial charge in [0.25, 0.3) is 5.91 Å². The Morgan fingerprint density at radius 1 is 1.15 bits per heavy atom. The molecule has 0 bridgehead atoms. The molecular weight excluding hydrogens is 344 g/mol. The van der Waals surface area contributed by atoms with Crippen LogP contribution in [0.15, 0.2) is 48.9 Å². The van der Waals surface area contributed by atoms with Crippen LogP contribution in [0.3, 0.4) is 0 Å². The van der Waals surface area contributed by atoms with E-state index in [0.29, 0.717) is 39.3 Å². The van der Waals surface area contributed by atoms with Crippen molar-refractivity contribution < 1.29 is 14.3 Å². The second-order valence-corrected chi connectivity index (χ2v) is 5.95. The Balaban J connectivity index is 1.86. The van der Waals surface area contributed by atoms with Gasteiger partial charge < -0.3 is 15.0 Å². The number of rotatable bonds is 11. The summed E-state index contributed by atoms with van der Waals surface area (Å²) in [5, 5.41) is 2.88. The molecule has 0 aliphatic heterocycles. The molecule has 2 amide bonds. The highest BCUT2D eigenvalue weighted by Gasteiger charge is 2.18. The normalized spacial score (nSPS) is 10.4. The summed E-state index contributed by atoms with van der Waals surface area (Å²) in [5.41, 5.74) is 1.31. The zero-order chi connectivity index (χ0) is 19.3. The van der Waals surface area contributed by atoms with Gasteiger partial charge in [0, 0.05) is 51.7 Å². The van der Waals surface area contributed by atoms with Gasteiger partial charge in [-0.05, 0) is 18.9 Å². The predicted molar refractivity (Wildman–Crippen MR) is 102 cm³/mol. The third-order valence-electron chi connectivity index (χ3n) is 3.93. The Morgan fingerprint density at radius 3 is 2.67 bits per heavy atom. The van der Waals surface area contributed by atoms with E-state index in [0.717, 1.165) is 5.56 Å². The van der Waals surface area contributed by atoms with E-state index >= 15 is 0 Å². The molecule has 0 saturated carbocycles. The van der Waals surface area contributed by atoms with E-state index in [9.17, 15) is 9.59 Å². The molecule has 27 heavy (non-hydrogen) atoms. The number of hydrogen-bond donors (Lipinski definition) is 1. The number of carbonyl (C=O) groups excluding carboxylic acids is 2. The first kappa shape index (κ1) is 20.5. The van der Waals surface area contributed by atoms with Gasteiger partial charge in [-0.25, -0.2) is 4.98 Å². The second kappa shape index (κ2) is 11.7. The molecule has 1 aromatic heterocycles. The third-order valence-corrected chi connectivity index (χ3v) is 3.93. The standard InChI is InChI=1S/C20H26N4O3/c1-2-27-14-6-12-24(20(26)18-16-21-10-11-22-18)13-9-19(25)23-15-17-7-4-3-5-8-17/h3-5,7-8,10-11,16H,2,6,9,12-15H2,1H3,(H,23,25). The smallest absolute Gasteiger partial charge is 0.274 e. The van der Waals surface area contributed by atoms with Crippen LogP contribution < -0.4 is 5.32 Å². The fourth-order valence-corrected chi connectivity index (χ4v) is 2.51. The summed E-state index contributed by atoms with van der Waals surface area (Å²) in [6.45, 7) is 4.44. The zero-order valence-corrected chi connectivity index (χ0v) is 15.6. The quantitative estimate of drug-likeness (QED) is 0.612. The maximum Gasteiger partial charge on any atom is 0.274 e. The molecular formula is C20H26N4O3. The summed E-state index contributed by atoms with van der Waals surface area (Å²) >= 11 is 0. The van der Waals surface area contributed by atoms with Gasteiger partial charge in [-0.3, -0.25) is 14.6 Å². The summed E-state index contributed by atoms with van der Waals surface area (Å²) in [6, 6.07) is 9.71. The molecule has 0 atom stereocenters. The number of benzene rings is 1. The van der Waals surface area contributed by atoms with Crippen LogP contribution in [-0.4, -0.2) is 53.0 Å². The first-order valence-corrected chi connectivity index (χ1v) is 9.14. The van der Waals surface area contributed by atoms with Crippen molar-refractivity contribution >= 4 is 11.8 Å². The first-order valence-electron chi connectivity index (χ1n) is 9.14. The minimum Gasteiger partial charge on any atom is -0.382 e. The van der Waals surface area contributed by atoms with Gasteiger partial charge in [0.05, 0.1) is 6.20 Å². The molecule has 0 radical (unpaired) electrons. The number of aromatic nitrogens is 2. The molecule has 1 aromatic carbocycles. The zero-order valence-electron chi connectivity index (χ0n) is 15.6.